The summed E-state index contributed by atoms with van der Waals surface area (Å²) in [4.78, 5) is 2.47. The van der Waals surface area contributed by atoms with E-state index in [2.05, 4.69) is 37.3 Å². The summed E-state index contributed by atoms with van der Waals surface area (Å²) in [5.41, 5.74) is 0. The monoisotopic (exact) mass is 169 g/mol. The van der Waals surface area contributed by atoms with Gasteiger partial charge in [-0.3, -0.25) is 9.48 Å². The normalized spacial score (nSPS) is 23.5. The first-order valence-corrected chi connectivity index (χ1v) is 5.03. The molecule has 0 N–H and O–H groups in total. The third-order valence-corrected chi connectivity index (χ3v) is 2.82. The molecule has 70 valence electrons. The molecule has 0 bridgehead atoms. The molecule has 0 aromatic heterocycles. The SMILES string of the molecule is CCN(CC)C1=[N+](C)CCC1C. The summed E-state index contributed by atoms with van der Waals surface area (Å²) < 4.78 is 2.40. The Morgan fingerprint density at radius 3 is 2.33 bits per heavy atom. The molecule has 2 heteroatoms. The second-order valence-electron chi connectivity index (χ2n) is 3.64. The molecule has 0 amide bonds. The summed E-state index contributed by atoms with van der Waals surface area (Å²) in [6.45, 7) is 10.3. The van der Waals surface area contributed by atoms with Gasteiger partial charge in [0.2, 0.25) is 5.84 Å². The molecule has 0 aromatic carbocycles. The first kappa shape index (κ1) is 9.56. The van der Waals surface area contributed by atoms with E-state index in [0.717, 1.165) is 19.0 Å². The maximum absolute atomic E-state index is 2.47. The van der Waals surface area contributed by atoms with Crippen LogP contribution in [-0.4, -0.2) is 42.0 Å². The van der Waals surface area contributed by atoms with Gasteiger partial charge in [0, 0.05) is 0 Å². The van der Waals surface area contributed by atoms with Crippen molar-refractivity contribution in [2.24, 2.45) is 5.92 Å². The van der Waals surface area contributed by atoms with Crippen LogP contribution in [0.2, 0.25) is 0 Å². The molecule has 0 aromatic rings. The molecule has 2 nitrogen and oxygen atoms in total. The van der Waals surface area contributed by atoms with E-state index in [1.54, 1.807) is 5.84 Å². The molecular formula is C10H21N2+. The van der Waals surface area contributed by atoms with Crippen LogP contribution in [0.3, 0.4) is 0 Å². The zero-order chi connectivity index (χ0) is 9.14. The summed E-state index contributed by atoms with van der Waals surface area (Å²) in [6.07, 6.45) is 1.32. The van der Waals surface area contributed by atoms with E-state index in [9.17, 15) is 0 Å². The van der Waals surface area contributed by atoms with Crippen LogP contribution in [0.15, 0.2) is 0 Å². The molecule has 1 rings (SSSR count). The average molecular weight is 169 g/mol. The third kappa shape index (κ3) is 1.62. The van der Waals surface area contributed by atoms with Crippen LogP contribution < -0.4 is 0 Å². The van der Waals surface area contributed by atoms with Gasteiger partial charge in [-0.2, -0.15) is 0 Å². The molecule has 1 aliphatic rings. The van der Waals surface area contributed by atoms with Gasteiger partial charge in [-0.25, -0.2) is 0 Å². The van der Waals surface area contributed by atoms with E-state index >= 15 is 0 Å². The Bertz CT molecular complexity index is 180. The van der Waals surface area contributed by atoms with Crippen molar-refractivity contribution < 1.29 is 4.58 Å². The van der Waals surface area contributed by atoms with Gasteiger partial charge in [-0.15, -0.1) is 0 Å². The highest BCUT2D eigenvalue weighted by Crippen LogP contribution is 2.14. The number of amidine groups is 1. The number of hydrogen-bond acceptors (Lipinski definition) is 1. The average Bonchev–Trinajstić information content (AvgIpc) is 2.38. The van der Waals surface area contributed by atoms with Gasteiger partial charge >= 0.3 is 0 Å². The second kappa shape index (κ2) is 3.92. The van der Waals surface area contributed by atoms with Crippen molar-refractivity contribution in [2.45, 2.75) is 27.2 Å². The van der Waals surface area contributed by atoms with Crippen LogP contribution in [0.5, 0.6) is 0 Å². The molecule has 1 unspecified atom stereocenters. The molecule has 0 aliphatic carbocycles. The molecular weight excluding hydrogens is 148 g/mol. The minimum atomic E-state index is 0.759. The maximum Gasteiger partial charge on any atom is 0.249 e. The van der Waals surface area contributed by atoms with Crippen LogP contribution in [0, 0.1) is 5.92 Å². The molecule has 0 radical (unpaired) electrons. The smallest absolute Gasteiger partial charge is 0.249 e. The zero-order valence-electron chi connectivity index (χ0n) is 8.80. The van der Waals surface area contributed by atoms with Gasteiger partial charge in [0.15, 0.2) is 0 Å². The minimum Gasteiger partial charge on any atom is -0.268 e. The molecule has 12 heavy (non-hydrogen) atoms. The van der Waals surface area contributed by atoms with E-state index < -0.39 is 0 Å². The number of nitrogens with zero attached hydrogens (tertiary/aromatic N) is 2. The molecule has 0 saturated carbocycles. The summed E-state index contributed by atoms with van der Waals surface area (Å²) in [5.74, 6) is 2.30. The Labute approximate surface area is 75.9 Å². The van der Waals surface area contributed by atoms with Crippen molar-refractivity contribution in [1.29, 1.82) is 0 Å². The van der Waals surface area contributed by atoms with E-state index in [-0.39, 0.29) is 0 Å². The van der Waals surface area contributed by atoms with Crippen molar-refractivity contribution in [3.8, 4) is 0 Å². The zero-order valence-corrected chi connectivity index (χ0v) is 8.80. The van der Waals surface area contributed by atoms with Crippen molar-refractivity contribution in [3.63, 3.8) is 0 Å². The lowest BCUT2D eigenvalue weighted by Crippen LogP contribution is -2.37. The van der Waals surface area contributed by atoms with E-state index in [1.165, 1.54) is 13.0 Å². The topological polar surface area (TPSA) is 6.25 Å². The van der Waals surface area contributed by atoms with Crippen LogP contribution in [0.4, 0.5) is 0 Å². The van der Waals surface area contributed by atoms with Crippen molar-refractivity contribution in [3.05, 3.63) is 0 Å². The van der Waals surface area contributed by atoms with Gasteiger partial charge < -0.3 is 0 Å². The van der Waals surface area contributed by atoms with E-state index in [1.807, 2.05) is 0 Å². The fourth-order valence-electron chi connectivity index (χ4n) is 2.11. The molecule has 1 aliphatic heterocycles. The first-order valence-electron chi connectivity index (χ1n) is 5.03. The Hall–Kier alpha value is -0.530. The Kier molecular flexibility index (Phi) is 3.12. The fourth-order valence-corrected chi connectivity index (χ4v) is 2.11. The predicted molar refractivity (Wildman–Crippen MR) is 52.8 cm³/mol. The van der Waals surface area contributed by atoms with Gasteiger partial charge in [-0.1, -0.05) is 6.92 Å². The van der Waals surface area contributed by atoms with Crippen molar-refractivity contribution in [2.75, 3.05) is 26.7 Å². The van der Waals surface area contributed by atoms with E-state index in [0.29, 0.717) is 0 Å². The lowest BCUT2D eigenvalue weighted by Gasteiger charge is -2.17. The Morgan fingerprint density at radius 1 is 1.42 bits per heavy atom. The van der Waals surface area contributed by atoms with Gasteiger partial charge in [0.05, 0.1) is 32.6 Å². The summed E-state index contributed by atoms with van der Waals surface area (Å²) in [7, 11) is 2.21. The standard InChI is InChI=1S/C10H21N2/c1-5-12(6-2)10-9(3)7-8-11(10)4/h9H,5-8H2,1-4H3/q+1. The third-order valence-electron chi connectivity index (χ3n) is 2.82. The van der Waals surface area contributed by atoms with Crippen LogP contribution in [-0.2, 0) is 0 Å². The highest BCUT2D eigenvalue weighted by atomic mass is 15.2. The number of hydrogen-bond donors (Lipinski definition) is 0. The lowest BCUT2D eigenvalue weighted by molar-refractivity contribution is -0.493. The highest BCUT2D eigenvalue weighted by Gasteiger charge is 2.30. The largest absolute Gasteiger partial charge is 0.268 e. The second-order valence-corrected chi connectivity index (χ2v) is 3.64. The quantitative estimate of drug-likeness (QED) is 0.566. The first-order chi connectivity index (χ1) is 5.70. The fraction of sp³-hybridized carbons (Fsp3) is 0.900. The molecule has 0 saturated heterocycles. The van der Waals surface area contributed by atoms with Gasteiger partial charge in [0.1, 0.15) is 0 Å². The minimum absolute atomic E-state index is 0.759. The van der Waals surface area contributed by atoms with Gasteiger partial charge in [0.25, 0.3) is 0 Å². The van der Waals surface area contributed by atoms with Crippen LogP contribution in [0.25, 0.3) is 0 Å². The van der Waals surface area contributed by atoms with Crippen molar-refractivity contribution >= 4 is 5.84 Å². The highest BCUT2D eigenvalue weighted by molar-refractivity contribution is 5.80. The molecule has 1 heterocycles. The summed E-state index contributed by atoms with van der Waals surface area (Å²) in [6, 6.07) is 0. The van der Waals surface area contributed by atoms with E-state index in [4.69, 9.17) is 0 Å². The maximum atomic E-state index is 2.47. The number of rotatable bonds is 2. The van der Waals surface area contributed by atoms with Gasteiger partial charge in [-0.05, 0) is 20.3 Å². The Balaban J connectivity index is 2.76. The Morgan fingerprint density at radius 2 is 2.00 bits per heavy atom. The predicted octanol–water partition coefficient (Wildman–Crippen LogP) is 1.41. The van der Waals surface area contributed by atoms with Crippen LogP contribution >= 0.6 is 0 Å². The lowest BCUT2D eigenvalue weighted by atomic mass is 10.1. The molecule has 0 spiro atoms. The summed E-state index contributed by atoms with van der Waals surface area (Å²) >= 11 is 0. The van der Waals surface area contributed by atoms with Crippen molar-refractivity contribution in [1.82, 2.24) is 4.90 Å². The molecule has 1 atom stereocenters. The van der Waals surface area contributed by atoms with Crippen LogP contribution in [0.1, 0.15) is 27.2 Å². The molecule has 0 fully saturated rings. The summed E-state index contributed by atoms with van der Waals surface area (Å²) in [5, 5.41) is 0.